The van der Waals surface area contributed by atoms with Gasteiger partial charge in [0.1, 0.15) is 5.82 Å². The van der Waals surface area contributed by atoms with Crippen LogP contribution in [0.2, 0.25) is 0 Å². The molecule has 1 aliphatic carbocycles. The monoisotopic (exact) mass is 327 g/mol. The number of nitrogens with one attached hydrogen (secondary N) is 2. The molecule has 126 valence electrons. The molecule has 1 amide bonds. The number of rotatable bonds is 6. The largest absolute Gasteiger partial charge is 0.382 e. The fourth-order valence-corrected chi connectivity index (χ4v) is 3.39. The Morgan fingerprint density at radius 1 is 1.21 bits per heavy atom. The third-order valence-corrected chi connectivity index (χ3v) is 4.75. The van der Waals surface area contributed by atoms with E-state index in [2.05, 4.69) is 29.5 Å². The molecule has 2 N–H and O–H groups in total. The number of carbonyl (C=O) groups is 1. The summed E-state index contributed by atoms with van der Waals surface area (Å²) in [5, 5.41) is 6.20. The summed E-state index contributed by atoms with van der Waals surface area (Å²) in [6.07, 6.45) is 3.47. The molecule has 24 heavy (non-hydrogen) atoms. The van der Waals surface area contributed by atoms with E-state index in [4.69, 9.17) is 0 Å². The molecule has 1 aromatic heterocycles. The van der Waals surface area contributed by atoms with E-state index in [0.29, 0.717) is 13.1 Å². The average Bonchev–Trinajstić information content (AvgIpc) is 3.15. The number of nitrogens with zero attached hydrogens (tertiary/aromatic N) is 1. The standard InChI is InChI=1S/C19H22FN3O/c1-19(2)16(13-5-7-14(20)8-6-13)17(19)18(24)23-11-10-22-15-4-3-9-21-12-15/h3-9,12,16-17,22H,10-11H2,1-2H3,(H,23,24). The van der Waals surface area contributed by atoms with Crippen molar-refractivity contribution in [2.24, 2.45) is 11.3 Å². The van der Waals surface area contributed by atoms with Crippen LogP contribution in [0.25, 0.3) is 0 Å². The minimum Gasteiger partial charge on any atom is -0.382 e. The molecule has 2 unspecified atom stereocenters. The molecule has 1 fully saturated rings. The second kappa shape index (κ2) is 6.59. The minimum atomic E-state index is -0.250. The first-order valence-corrected chi connectivity index (χ1v) is 8.17. The number of anilines is 1. The molecule has 1 aromatic carbocycles. The van der Waals surface area contributed by atoms with Gasteiger partial charge in [-0.2, -0.15) is 0 Å². The van der Waals surface area contributed by atoms with Crippen LogP contribution in [-0.2, 0) is 4.79 Å². The lowest BCUT2D eigenvalue weighted by molar-refractivity contribution is -0.122. The molecule has 2 atom stereocenters. The summed E-state index contributed by atoms with van der Waals surface area (Å²) < 4.78 is 13.1. The normalized spacial score (nSPS) is 21.1. The molecule has 1 aliphatic rings. The van der Waals surface area contributed by atoms with Gasteiger partial charge in [0.25, 0.3) is 0 Å². The van der Waals surface area contributed by atoms with Crippen molar-refractivity contribution in [3.05, 3.63) is 60.2 Å². The highest BCUT2D eigenvalue weighted by Gasteiger charge is 2.62. The van der Waals surface area contributed by atoms with E-state index in [-0.39, 0.29) is 29.0 Å². The number of carbonyl (C=O) groups excluding carboxylic acids is 1. The van der Waals surface area contributed by atoms with Gasteiger partial charge in [-0.05, 0) is 35.2 Å². The van der Waals surface area contributed by atoms with Crippen molar-refractivity contribution < 1.29 is 9.18 Å². The maximum Gasteiger partial charge on any atom is 0.224 e. The highest BCUT2D eigenvalue weighted by atomic mass is 19.1. The molecule has 0 aliphatic heterocycles. The van der Waals surface area contributed by atoms with E-state index in [1.165, 1.54) is 12.1 Å². The lowest BCUT2D eigenvalue weighted by Gasteiger charge is -2.08. The highest BCUT2D eigenvalue weighted by Crippen LogP contribution is 2.64. The van der Waals surface area contributed by atoms with Crippen LogP contribution in [0.15, 0.2) is 48.8 Å². The number of hydrogen-bond acceptors (Lipinski definition) is 3. The zero-order valence-electron chi connectivity index (χ0n) is 13.9. The molecule has 1 saturated carbocycles. The van der Waals surface area contributed by atoms with Crippen LogP contribution in [0.5, 0.6) is 0 Å². The van der Waals surface area contributed by atoms with Crippen molar-refractivity contribution in [1.82, 2.24) is 10.3 Å². The Bertz CT molecular complexity index is 700. The van der Waals surface area contributed by atoms with Crippen molar-refractivity contribution in [2.45, 2.75) is 19.8 Å². The van der Waals surface area contributed by atoms with Gasteiger partial charge in [-0.3, -0.25) is 9.78 Å². The fraction of sp³-hybridized carbons (Fsp3) is 0.368. The average molecular weight is 327 g/mol. The molecule has 4 nitrogen and oxygen atoms in total. The SMILES string of the molecule is CC1(C)C(C(=O)NCCNc2cccnc2)C1c1ccc(F)cc1. The summed E-state index contributed by atoms with van der Waals surface area (Å²) >= 11 is 0. The molecular formula is C19H22FN3O. The van der Waals surface area contributed by atoms with E-state index in [1.54, 1.807) is 24.5 Å². The predicted octanol–water partition coefficient (Wildman–Crippen LogP) is 3.19. The molecule has 0 saturated heterocycles. The van der Waals surface area contributed by atoms with Crippen LogP contribution < -0.4 is 10.6 Å². The molecular weight excluding hydrogens is 305 g/mol. The summed E-state index contributed by atoms with van der Waals surface area (Å²) in [4.78, 5) is 16.5. The van der Waals surface area contributed by atoms with Crippen molar-refractivity contribution in [2.75, 3.05) is 18.4 Å². The van der Waals surface area contributed by atoms with E-state index in [1.807, 2.05) is 12.1 Å². The maximum atomic E-state index is 13.1. The van der Waals surface area contributed by atoms with E-state index in [9.17, 15) is 9.18 Å². The van der Waals surface area contributed by atoms with Crippen LogP contribution in [0.1, 0.15) is 25.3 Å². The van der Waals surface area contributed by atoms with Crippen molar-refractivity contribution >= 4 is 11.6 Å². The quantitative estimate of drug-likeness (QED) is 0.801. The topological polar surface area (TPSA) is 54.0 Å². The molecule has 0 radical (unpaired) electrons. The van der Waals surface area contributed by atoms with Crippen LogP contribution in [0.3, 0.4) is 0 Å². The Hall–Kier alpha value is -2.43. The van der Waals surface area contributed by atoms with Crippen molar-refractivity contribution in [1.29, 1.82) is 0 Å². The lowest BCUT2D eigenvalue weighted by atomic mass is 10.0. The molecule has 5 heteroatoms. The lowest BCUT2D eigenvalue weighted by Crippen LogP contribution is -2.31. The number of amides is 1. The molecule has 1 heterocycles. The van der Waals surface area contributed by atoms with Gasteiger partial charge in [0.15, 0.2) is 0 Å². The molecule has 2 aromatic rings. The fourth-order valence-electron chi connectivity index (χ4n) is 3.39. The summed E-state index contributed by atoms with van der Waals surface area (Å²) in [7, 11) is 0. The first-order chi connectivity index (χ1) is 11.5. The Kier molecular flexibility index (Phi) is 4.51. The van der Waals surface area contributed by atoms with E-state index >= 15 is 0 Å². The second-order valence-corrected chi connectivity index (χ2v) is 6.79. The van der Waals surface area contributed by atoms with Crippen molar-refractivity contribution in [3.8, 4) is 0 Å². The Morgan fingerprint density at radius 3 is 2.62 bits per heavy atom. The molecule has 0 spiro atoms. The molecule has 3 rings (SSSR count). The van der Waals surface area contributed by atoms with Gasteiger partial charge in [0.05, 0.1) is 11.6 Å². The minimum absolute atomic E-state index is 0.0577. The number of aromatic nitrogens is 1. The van der Waals surface area contributed by atoms with Crippen molar-refractivity contribution in [3.63, 3.8) is 0 Å². The Labute approximate surface area is 141 Å². The van der Waals surface area contributed by atoms with E-state index < -0.39 is 0 Å². The maximum absolute atomic E-state index is 13.1. The number of halogens is 1. The zero-order valence-corrected chi connectivity index (χ0v) is 13.9. The predicted molar refractivity (Wildman–Crippen MR) is 92.1 cm³/mol. The van der Waals surface area contributed by atoms with Crippen LogP contribution in [-0.4, -0.2) is 24.0 Å². The molecule has 0 bridgehead atoms. The van der Waals surface area contributed by atoms with Gasteiger partial charge in [-0.1, -0.05) is 26.0 Å². The number of hydrogen-bond donors (Lipinski definition) is 2. The van der Waals surface area contributed by atoms with Gasteiger partial charge in [-0.25, -0.2) is 4.39 Å². The first-order valence-electron chi connectivity index (χ1n) is 8.17. The van der Waals surface area contributed by atoms with Gasteiger partial charge in [0.2, 0.25) is 5.91 Å². The summed E-state index contributed by atoms with van der Waals surface area (Å²) in [6, 6.07) is 10.3. The van der Waals surface area contributed by atoms with E-state index in [0.717, 1.165) is 11.3 Å². The van der Waals surface area contributed by atoms with Gasteiger partial charge < -0.3 is 10.6 Å². The van der Waals surface area contributed by atoms with Crippen LogP contribution in [0.4, 0.5) is 10.1 Å². The first kappa shape index (κ1) is 16.4. The van der Waals surface area contributed by atoms with Crippen LogP contribution >= 0.6 is 0 Å². The third kappa shape index (κ3) is 3.40. The van der Waals surface area contributed by atoms with Crippen LogP contribution in [0, 0.1) is 17.2 Å². The van der Waals surface area contributed by atoms with Gasteiger partial charge in [0, 0.05) is 31.4 Å². The smallest absolute Gasteiger partial charge is 0.224 e. The third-order valence-electron chi connectivity index (χ3n) is 4.75. The second-order valence-electron chi connectivity index (χ2n) is 6.79. The summed E-state index contributed by atoms with van der Waals surface area (Å²) in [5.74, 6) is -0.118. The Morgan fingerprint density at radius 2 is 1.96 bits per heavy atom. The highest BCUT2D eigenvalue weighted by molar-refractivity contribution is 5.84. The summed E-state index contributed by atoms with van der Waals surface area (Å²) in [5.41, 5.74) is 1.86. The number of benzene rings is 1. The van der Waals surface area contributed by atoms with Gasteiger partial charge >= 0.3 is 0 Å². The summed E-state index contributed by atoms with van der Waals surface area (Å²) in [6.45, 7) is 5.36. The van der Waals surface area contributed by atoms with Gasteiger partial charge in [-0.15, -0.1) is 0 Å². The number of pyridine rings is 1. The zero-order chi connectivity index (χ0) is 17.2. The Balaban J connectivity index is 1.51.